The van der Waals surface area contributed by atoms with Crippen LogP contribution >= 0.6 is 0 Å². The molecule has 1 saturated heterocycles. The molecule has 1 fully saturated rings. The minimum Gasteiger partial charge on any atom is -0.465 e. The molecule has 0 saturated carbocycles. The van der Waals surface area contributed by atoms with Gasteiger partial charge in [0.15, 0.2) is 0 Å². The topological polar surface area (TPSA) is 120 Å². The number of ether oxygens (including phenoxy) is 3. The number of hydrogen-bond acceptors (Lipinski definition) is 8. The molecular formula is C24H42N2O7. The van der Waals surface area contributed by atoms with Crippen LogP contribution in [0.25, 0.3) is 0 Å². The van der Waals surface area contributed by atoms with Gasteiger partial charge in [-0.2, -0.15) is 0 Å². The van der Waals surface area contributed by atoms with E-state index in [2.05, 4.69) is 10.6 Å². The number of methoxy groups -OCH3 is 1. The first kappa shape index (κ1) is 29.0. The molecule has 5 unspecified atom stereocenters. The van der Waals surface area contributed by atoms with Crippen molar-refractivity contribution in [1.82, 2.24) is 10.6 Å². The molecule has 0 spiro atoms. The quantitative estimate of drug-likeness (QED) is 0.253. The van der Waals surface area contributed by atoms with Gasteiger partial charge in [0.25, 0.3) is 0 Å². The smallest absolute Gasteiger partial charge is 0.324 e. The van der Waals surface area contributed by atoms with Crippen molar-refractivity contribution in [2.24, 2.45) is 11.8 Å². The van der Waals surface area contributed by atoms with Crippen molar-refractivity contribution >= 4 is 24.1 Å². The second-order valence-corrected chi connectivity index (χ2v) is 9.62. The number of carbonyl (C=O) groups excluding carboxylic acids is 4. The molecule has 0 aromatic carbocycles. The zero-order chi connectivity index (χ0) is 25.4. The molecule has 0 radical (unpaired) electrons. The first-order chi connectivity index (χ1) is 15.4. The maximum Gasteiger partial charge on any atom is 0.324 e. The van der Waals surface area contributed by atoms with Gasteiger partial charge in [-0.3, -0.25) is 19.7 Å². The highest BCUT2D eigenvalue weighted by molar-refractivity contribution is 5.89. The van der Waals surface area contributed by atoms with Gasteiger partial charge in [0.2, 0.25) is 5.91 Å². The zero-order valence-corrected chi connectivity index (χ0v) is 21.4. The molecule has 1 rings (SSSR count). The summed E-state index contributed by atoms with van der Waals surface area (Å²) in [6, 6.07) is -2.52. The molecule has 0 aromatic rings. The van der Waals surface area contributed by atoms with Gasteiger partial charge in [-0.05, 0) is 40.0 Å². The van der Waals surface area contributed by atoms with Crippen LogP contribution in [0.1, 0.15) is 74.1 Å². The normalized spacial score (nSPS) is 24.1. The third kappa shape index (κ3) is 7.24. The predicted octanol–water partition coefficient (Wildman–Crippen LogP) is 2.15. The number of esters is 2. The van der Waals surface area contributed by atoms with E-state index in [4.69, 9.17) is 14.2 Å². The highest BCUT2D eigenvalue weighted by Gasteiger charge is 2.57. The van der Waals surface area contributed by atoms with Crippen molar-refractivity contribution in [2.45, 2.75) is 103 Å². The van der Waals surface area contributed by atoms with E-state index in [-0.39, 0.29) is 12.5 Å². The van der Waals surface area contributed by atoms with Gasteiger partial charge >= 0.3 is 11.9 Å². The van der Waals surface area contributed by atoms with E-state index >= 15 is 0 Å². The van der Waals surface area contributed by atoms with E-state index in [9.17, 15) is 19.2 Å². The first-order valence-corrected chi connectivity index (χ1v) is 11.8. The lowest BCUT2D eigenvalue weighted by Gasteiger charge is -2.43. The molecule has 1 heterocycles. The van der Waals surface area contributed by atoms with Crippen LogP contribution in [0.2, 0.25) is 0 Å². The lowest BCUT2D eigenvalue weighted by Crippen LogP contribution is -2.63. The van der Waals surface area contributed by atoms with Crippen LogP contribution in [-0.4, -0.2) is 67.2 Å². The van der Waals surface area contributed by atoms with Crippen LogP contribution < -0.4 is 10.6 Å². The van der Waals surface area contributed by atoms with Crippen molar-refractivity contribution in [3.63, 3.8) is 0 Å². The van der Waals surface area contributed by atoms with Gasteiger partial charge in [-0.1, -0.05) is 27.2 Å². The Morgan fingerprint density at radius 3 is 2.12 bits per heavy atom. The summed E-state index contributed by atoms with van der Waals surface area (Å²) in [5, 5.41) is 6.06. The van der Waals surface area contributed by atoms with E-state index in [0.29, 0.717) is 25.5 Å². The van der Waals surface area contributed by atoms with Crippen molar-refractivity contribution in [3.8, 4) is 0 Å². The summed E-state index contributed by atoms with van der Waals surface area (Å²) in [6.45, 7) is 12.6. The van der Waals surface area contributed by atoms with Gasteiger partial charge in [-0.25, -0.2) is 0 Å². The lowest BCUT2D eigenvalue weighted by molar-refractivity contribution is -0.164. The molecule has 5 atom stereocenters. The highest BCUT2D eigenvalue weighted by Crippen LogP contribution is 2.37. The fraction of sp³-hybridized carbons (Fsp3) is 0.833. The second-order valence-electron chi connectivity index (χ2n) is 9.62. The summed E-state index contributed by atoms with van der Waals surface area (Å²) in [5.74, 6) is -3.60. The number of hydrogen-bond donors (Lipinski definition) is 2. The van der Waals surface area contributed by atoms with Crippen LogP contribution in [0.4, 0.5) is 0 Å². The van der Waals surface area contributed by atoms with Crippen LogP contribution in [0.3, 0.4) is 0 Å². The van der Waals surface area contributed by atoms with E-state index in [0.717, 1.165) is 6.42 Å². The standard InChI is InChI=1S/C24H42N2O7/c1-9-12-13-32-21(29)17-16(14-27)18(26-19(17)22(30)33-23(5,6)7)20(25-15(4)28)24(10-2,11-3)31-8/h14,16-20,26H,9-13H2,1-8H3,(H,25,28). The van der Waals surface area contributed by atoms with Gasteiger partial charge in [0, 0.05) is 26.0 Å². The molecule has 0 bridgehead atoms. The number of carbonyl (C=O) groups is 4. The maximum atomic E-state index is 13.1. The summed E-state index contributed by atoms with van der Waals surface area (Å²) >= 11 is 0. The van der Waals surface area contributed by atoms with Crippen molar-refractivity contribution < 1.29 is 33.4 Å². The van der Waals surface area contributed by atoms with E-state index in [1.165, 1.54) is 6.92 Å². The molecule has 2 N–H and O–H groups in total. The summed E-state index contributed by atoms with van der Waals surface area (Å²) in [4.78, 5) is 50.6. The monoisotopic (exact) mass is 470 g/mol. The third-order valence-corrected chi connectivity index (χ3v) is 6.28. The van der Waals surface area contributed by atoms with Crippen LogP contribution in [-0.2, 0) is 33.4 Å². The zero-order valence-electron chi connectivity index (χ0n) is 21.4. The second kappa shape index (κ2) is 12.5. The van der Waals surface area contributed by atoms with Gasteiger partial charge in [0.05, 0.1) is 24.2 Å². The minimum atomic E-state index is -1.10. The summed E-state index contributed by atoms with van der Waals surface area (Å²) in [5.41, 5.74) is -1.60. The van der Waals surface area contributed by atoms with E-state index in [1.54, 1.807) is 27.9 Å². The van der Waals surface area contributed by atoms with E-state index in [1.807, 2.05) is 20.8 Å². The molecule has 190 valence electrons. The Labute approximate surface area is 197 Å². The number of rotatable bonds is 12. The van der Waals surface area contributed by atoms with E-state index < -0.39 is 53.1 Å². The number of aldehydes is 1. The molecule has 1 aliphatic heterocycles. The molecule has 9 heteroatoms. The Balaban J connectivity index is 3.49. The molecule has 0 aliphatic carbocycles. The minimum absolute atomic E-state index is 0.199. The fourth-order valence-electron chi connectivity index (χ4n) is 4.51. The molecule has 0 aromatic heterocycles. The average molecular weight is 471 g/mol. The largest absolute Gasteiger partial charge is 0.465 e. The first-order valence-electron chi connectivity index (χ1n) is 11.8. The lowest BCUT2D eigenvalue weighted by atomic mass is 9.77. The molecule has 1 amide bonds. The Morgan fingerprint density at radius 2 is 1.70 bits per heavy atom. The Hall–Kier alpha value is -2.00. The van der Waals surface area contributed by atoms with Gasteiger partial charge in [-0.15, -0.1) is 0 Å². The van der Waals surface area contributed by atoms with Crippen molar-refractivity contribution in [2.75, 3.05) is 13.7 Å². The highest BCUT2D eigenvalue weighted by atomic mass is 16.6. The molecule has 33 heavy (non-hydrogen) atoms. The van der Waals surface area contributed by atoms with Gasteiger partial charge in [0.1, 0.15) is 17.9 Å². The average Bonchev–Trinajstić information content (AvgIpc) is 3.12. The van der Waals surface area contributed by atoms with Crippen molar-refractivity contribution in [1.29, 1.82) is 0 Å². The predicted molar refractivity (Wildman–Crippen MR) is 123 cm³/mol. The third-order valence-electron chi connectivity index (χ3n) is 6.28. The molecule has 9 nitrogen and oxygen atoms in total. The maximum absolute atomic E-state index is 13.1. The number of nitrogens with one attached hydrogen (secondary N) is 2. The fourth-order valence-corrected chi connectivity index (χ4v) is 4.51. The summed E-state index contributed by atoms with van der Waals surface area (Å²) in [7, 11) is 1.55. The van der Waals surface area contributed by atoms with Gasteiger partial charge < -0.3 is 24.3 Å². The Bertz CT molecular complexity index is 677. The van der Waals surface area contributed by atoms with Crippen LogP contribution in [0.5, 0.6) is 0 Å². The van der Waals surface area contributed by atoms with Crippen LogP contribution in [0, 0.1) is 11.8 Å². The summed E-state index contributed by atoms with van der Waals surface area (Å²) < 4.78 is 16.8. The van der Waals surface area contributed by atoms with Crippen LogP contribution in [0.15, 0.2) is 0 Å². The Morgan fingerprint density at radius 1 is 1.09 bits per heavy atom. The molecular weight excluding hydrogens is 428 g/mol. The summed E-state index contributed by atoms with van der Waals surface area (Å²) in [6.07, 6.45) is 3.24. The molecule has 1 aliphatic rings. The SMILES string of the molecule is CCCCOC(=O)C1C(C(=O)OC(C)(C)C)NC(C(NC(C)=O)C(CC)(CC)OC)C1C=O. The van der Waals surface area contributed by atoms with Crippen molar-refractivity contribution in [3.05, 3.63) is 0 Å². The number of unbranched alkanes of at least 4 members (excludes halogenated alkanes) is 1. The number of amides is 1. The Kier molecular flexibility index (Phi) is 11.0.